The summed E-state index contributed by atoms with van der Waals surface area (Å²) in [5, 5.41) is 0.653. The first-order valence-corrected chi connectivity index (χ1v) is 3.88. The lowest BCUT2D eigenvalue weighted by atomic mass is 10.4. The molecular weight excluding hydrogens is 201 g/mol. The zero-order chi connectivity index (χ0) is 9.14. The van der Waals surface area contributed by atoms with Crippen LogP contribution in [0.5, 0.6) is 11.6 Å². The van der Waals surface area contributed by atoms with Gasteiger partial charge in [-0.1, -0.05) is 23.2 Å². The minimum absolute atomic E-state index is 0.311. The molecule has 0 saturated heterocycles. The van der Waals surface area contributed by atoms with Gasteiger partial charge in [-0.25, -0.2) is 4.98 Å². The molecule has 0 fully saturated rings. The van der Waals surface area contributed by atoms with Gasteiger partial charge in [0.25, 0.3) is 5.88 Å². The highest BCUT2D eigenvalue weighted by molar-refractivity contribution is 6.42. The fourth-order valence-corrected chi connectivity index (χ4v) is 1.10. The Labute approximate surface area is 80.2 Å². The summed E-state index contributed by atoms with van der Waals surface area (Å²) in [7, 11) is 2.96. The van der Waals surface area contributed by atoms with E-state index in [4.69, 9.17) is 32.7 Å². The van der Waals surface area contributed by atoms with E-state index in [2.05, 4.69) is 4.98 Å². The van der Waals surface area contributed by atoms with E-state index in [1.165, 1.54) is 20.4 Å². The molecule has 66 valence electrons. The number of ether oxygens (including phenoxy) is 2. The van der Waals surface area contributed by atoms with Crippen LogP contribution in [0.2, 0.25) is 10.0 Å². The van der Waals surface area contributed by atoms with Crippen LogP contribution < -0.4 is 9.47 Å². The van der Waals surface area contributed by atoms with Crippen molar-refractivity contribution < 1.29 is 9.47 Å². The molecule has 1 aromatic rings. The van der Waals surface area contributed by atoms with E-state index in [0.29, 0.717) is 21.7 Å². The van der Waals surface area contributed by atoms with E-state index in [-0.39, 0.29) is 0 Å². The van der Waals surface area contributed by atoms with Gasteiger partial charge in [-0.15, -0.1) is 0 Å². The Morgan fingerprint density at radius 2 is 1.92 bits per heavy atom. The molecule has 1 aromatic heterocycles. The number of halogens is 2. The number of nitrogens with zero attached hydrogens (tertiary/aromatic N) is 1. The predicted octanol–water partition coefficient (Wildman–Crippen LogP) is 2.41. The second-order valence-corrected chi connectivity index (χ2v) is 2.75. The van der Waals surface area contributed by atoms with Crippen molar-refractivity contribution in [2.45, 2.75) is 0 Å². The molecule has 12 heavy (non-hydrogen) atoms. The summed E-state index contributed by atoms with van der Waals surface area (Å²) in [6.07, 6.45) is 1.41. The van der Waals surface area contributed by atoms with Gasteiger partial charge in [0.2, 0.25) is 5.75 Å². The van der Waals surface area contributed by atoms with E-state index in [9.17, 15) is 0 Å². The second kappa shape index (κ2) is 3.83. The Hall–Kier alpha value is -0.670. The molecule has 0 N–H and O–H groups in total. The normalized spacial score (nSPS) is 9.67. The molecule has 0 bridgehead atoms. The number of hydrogen-bond acceptors (Lipinski definition) is 3. The number of aromatic nitrogens is 1. The van der Waals surface area contributed by atoms with Crippen LogP contribution in [-0.2, 0) is 0 Å². The molecule has 1 rings (SSSR count). The first-order chi connectivity index (χ1) is 5.70. The minimum atomic E-state index is 0.311. The van der Waals surface area contributed by atoms with Crippen molar-refractivity contribution in [1.82, 2.24) is 4.98 Å². The van der Waals surface area contributed by atoms with Crippen molar-refractivity contribution in [3.05, 3.63) is 16.2 Å². The van der Waals surface area contributed by atoms with Gasteiger partial charge in [-0.2, -0.15) is 0 Å². The summed E-state index contributed by atoms with van der Waals surface area (Å²) in [6, 6.07) is 0. The van der Waals surface area contributed by atoms with Gasteiger partial charge in [-0.3, -0.25) is 0 Å². The Morgan fingerprint density at radius 1 is 1.25 bits per heavy atom. The number of hydrogen-bond donors (Lipinski definition) is 0. The topological polar surface area (TPSA) is 31.4 Å². The molecule has 0 unspecified atom stereocenters. The van der Waals surface area contributed by atoms with Crippen molar-refractivity contribution in [3.63, 3.8) is 0 Å². The molecule has 3 nitrogen and oxygen atoms in total. The lowest BCUT2D eigenvalue weighted by Crippen LogP contribution is -1.94. The summed E-state index contributed by atoms with van der Waals surface area (Å²) >= 11 is 11.5. The van der Waals surface area contributed by atoms with Crippen LogP contribution in [0.4, 0.5) is 0 Å². The van der Waals surface area contributed by atoms with Crippen molar-refractivity contribution in [3.8, 4) is 11.6 Å². The van der Waals surface area contributed by atoms with Crippen LogP contribution >= 0.6 is 23.2 Å². The van der Waals surface area contributed by atoms with Gasteiger partial charge in [0, 0.05) is 0 Å². The van der Waals surface area contributed by atoms with Crippen LogP contribution in [-0.4, -0.2) is 19.2 Å². The molecule has 0 spiro atoms. The zero-order valence-electron chi connectivity index (χ0n) is 6.60. The minimum Gasteiger partial charge on any atom is -0.490 e. The largest absolute Gasteiger partial charge is 0.490 e. The van der Waals surface area contributed by atoms with E-state index >= 15 is 0 Å². The van der Waals surface area contributed by atoms with Crippen LogP contribution in [0.3, 0.4) is 0 Å². The molecule has 1 heterocycles. The van der Waals surface area contributed by atoms with E-state index < -0.39 is 0 Å². The van der Waals surface area contributed by atoms with Crippen molar-refractivity contribution in [1.29, 1.82) is 0 Å². The predicted molar refractivity (Wildman–Crippen MR) is 47.4 cm³/mol. The molecular formula is C7H7Cl2NO2. The summed E-state index contributed by atoms with van der Waals surface area (Å²) in [4.78, 5) is 3.86. The summed E-state index contributed by atoms with van der Waals surface area (Å²) in [5.74, 6) is 0.679. The van der Waals surface area contributed by atoms with Gasteiger partial charge in [0.1, 0.15) is 5.02 Å². The SMILES string of the molecule is COc1ncc(Cl)c(Cl)c1OC. The maximum absolute atomic E-state index is 5.80. The second-order valence-electron chi connectivity index (χ2n) is 1.96. The quantitative estimate of drug-likeness (QED) is 0.747. The third-order valence-corrected chi connectivity index (χ3v) is 2.05. The van der Waals surface area contributed by atoms with Crippen LogP contribution in [0, 0.1) is 0 Å². The third-order valence-electron chi connectivity index (χ3n) is 1.30. The first-order valence-electron chi connectivity index (χ1n) is 3.12. The monoisotopic (exact) mass is 207 g/mol. The van der Waals surface area contributed by atoms with Gasteiger partial charge in [0.05, 0.1) is 25.4 Å². The molecule has 0 aliphatic rings. The smallest absolute Gasteiger partial charge is 0.258 e. The van der Waals surface area contributed by atoms with Gasteiger partial charge in [-0.05, 0) is 0 Å². The van der Waals surface area contributed by atoms with Crippen molar-refractivity contribution in [2.24, 2.45) is 0 Å². The molecule has 0 aliphatic carbocycles. The molecule has 0 amide bonds. The fourth-order valence-electron chi connectivity index (χ4n) is 0.755. The standard InChI is InChI=1S/C7H7Cl2NO2/c1-11-6-5(9)4(8)3-10-7(6)12-2/h3H,1-2H3. The molecule has 0 saturated carbocycles. The van der Waals surface area contributed by atoms with Gasteiger partial charge >= 0.3 is 0 Å². The van der Waals surface area contributed by atoms with Gasteiger partial charge in [0.15, 0.2) is 0 Å². The average molecular weight is 208 g/mol. The average Bonchev–Trinajstić information content (AvgIpc) is 2.09. The van der Waals surface area contributed by atoms with Crippen molar-refractivity contribution >= 4 is 23.2 Å². The van der Waals surface area contributed by atoms with Crippen LogP contribution in [0.1, 0.15) is 0 Å². The van der Waals surface area contributed by atoms with Gasteiger partial charge < -0.3 is 9.47 Å². The molecule has 0 atom stereocenters. The van der Waals surface area contributed by atoms with E-state index in [1.54, 1.807) is 0 Å². The molecule has 5 heteroatoms. The Morgan fingerprint density at radius 3 is 2.42 bits per heavy atom. The van der Waals surface area contributed by atoms with Crippen LogP contribution in [0.15, 0.2) is 6.20 Å². The first kappa shape index (κ1) is 9.42. The molecule has 0 aromatic carbocycles. The van der Waals surface area contributed by atoms with Crippen molar-refractivity contribution in [2.75, 3.05) is 14.2 Å². The highest BCUT2D eigenvalue weighted by atomic mass is 35.5. The molecule has 0 aliphatic heterocycles. The summed E-state index contributed by atoms with van der Waals surface area (Å²) in [5.41, 5.74) is 0. The summed E-state index contributed by atoms with van der Waals surface area (Å²) < 4.78 is 9.84. The number of methoxy groups -OCH3 is 2. The third kappa shape index (κ3) is 1.57. The highest BCUT2D eigenvalue weighted by Gasteiger charge is 2.12. The van der Waals surface area contributed by atoms with Crippen LogP contribution in [0.25, 0.3) is 0 Å². The Bertz CT molecular complexity index is 291. The maximum atomic E-state index is 5.80. The Balaban J connectivity index is 3.25. The lowest BCUT2D eigenvalue weighted by Gasteiger charge is -2.07. The van der Waals surface area contributed by atoms with E-state index in [0.717, 1.165) is 0 Å². The Kier molecular flexibility index (Phi) is 3.00. The highest BCUT2D eigenvalue weighted by Crippen LogP contribution is 2.37. The summed E-state index contributed by atoms with van der Waals surface area (Å²) in [6.45, 7) is 0. The number of rotatable bonds is 2. The zero-order valence-corrected chi connectivity index (χ0v) is 8.11. The fraction of sp³-hybridized carbons (Fsp3) is 0.286. The molecule has 0 radical (unpaired) electrons. The van der Waals surface area contributed by atoms with E-state index in [1.807, 2.05) is 0 Å². The number of pyridine rings is 1. The maximum Gasteiger partial charge on any atom is 0.258 e. The lowest BCUT2D eigenvalue weighted by molar-refractivity contribution is 0.343.